The van der Waals surface area contributed by atoms with Crippen LogP contribution in [0.2, 0.25) is 0 Å². The lowest BCUT2D eigenvalue weighted by atomic mass is 9.96. The van der Waals surface area contributed by atoms with Gasteiger partial charge in [0.2, 0.25) is 0 Å². The maximum atomic E-state index is 5.89. The molecule has 6 nitrogen and oxygen atoms in total. The second kappa shape index (κ2) is 9.86. The molecule has 1 N–H and O–H groups in total. The summed E-state index contributed by atoms with van der Waals surface area (Å²) in [5.74, 6) is 0. The molecule has 3 aromatic rings. The molecule has 34 heavy (non-hydrogen) atoms. The molecule has 5 rings (SSSR count). The molecule has 0 radical (unpaired) electrons. The van der Waals surface area contributed by atoms with E-state index in [1.807, 2.05) is 12.3 Å². The molecule has 4 heterocycles. The molecule has 2 fully saturated rings. The summed E-state index contributed by atoms with van der Waals surface area (Å²) in [5, 5.41) is 4.40. The van der Waals surface area contributed by atoms with Gasteiger partial charge in [0.25, 0.3) is 0 Å². The molecule has 2 aromatic heterocycles. The average molecular weight is 476 g/mol. The summed E-state index contributed by atoms with van der Waals surface area (Å²) in [6.07, 6.45) is 1.86. The van der Waals surface area contributed by atoms with Crippen molar-refractivity contribution in [2.75, 3.05) is 39.4 Å². The molecule has 2 aliphatic rings. The van der Waals surface area contributed by atoms with E-state index >= 15 is 0 Å². The van der Waals surface area contributed by atoms with E-state index in [9.17, 15) is 0 Å². The zero-order valence-corrected chi connectivity index (χ0v) is 21.0. The zero-order chi connectivity index (χ0) is 23.7. The van der Waals surface area contributed by atoms with Crippen molar-refractivity contribution in [2.45, 2.75) is 32.9 Å². The highest BCUT2D eigenvalue weighted by molar-refractivity contribution is 7.80. The predicted molar refractivity (Wildman–Crippen MR) is 139 cm³/mol. The van der Waals surface area contributed by atoms with E-state index in [0.717, 1.165) is 50.2 Å². The summed E-state index contributed by atoms with van der Waals surface area (Å²) in [4.78, 5) is 9.53. The highest BCUT2D eigenvalue weighted by atomic mass is 32.1. The van der Waals surface area contributed by atoms with Gasteiger partial charge < -0.3 is 19.5 Å². The number of nitrogens with one attached hydrogen (secondary N) is 1. The summed E-state index contributed by atoms with van der Waals surface area (Å²) in [6, 6.07) is 17.3. The third kappa shape index (κ3) is 4.48. The Kier molecular flexibility index (Phi) is 6.68. The maximum Gasteiger partial charge on any atom is 0.170 e. The van der Waals surface area contributed by atoms with Gasteiger partial charge in [0.05, 0.1) is 31.0 Å². The number of thiocarbonyl (C=S) groups is 1. The first-order valence-corrected chi connectivity index (χ1v) is 12.5. The second-order valence-corrected chi connectivity index (χ2v) is 9.66. The summed E-state index contributed by atoms with van der Waals surface area (Å²) in [7, 11) is 0. The minimum atomic E-state index is 0.00496. The van der Waals surface area contributed by atoms with Gasteiger partial charge in [0.15, 0.2) is 5.11 Å². The Balaban J connectivity index is 1.52. The fourth-order valence-electron chi connectivity index (χ4n) is 5.24. The molecule has 0 spiro atoms. The van der Waals surface area contributed by atoms with Gasteiger partial charge in [-0.15, -0.1) is 0 Å². The van der Waals surface area contributed by atoms with Crippen molar-refractivity contribution in [1.82, 2.24) is 24.7 Å². The summed E-state index contributed by atoms with van der Waals surface area (Å²) in [5.41, 5.74) is 7.24. The topological polar surface area (TPSA) is 45.6 Å². The van der Waals surface area contributed by atoms with Gasteiger partial charge in [-0.25, -0.2) is 0 Å². The number of ether oxygens (including phenoxy) is 1. The Labute approximate surface area is 207 Å². The van der Waals surface area contributed by atoms with Crippen molar-refractivity contribution >= 4 is 17.3 Å². The Morgan fingerprint density at radius 2 is 1.79 bits per heavy atom. The fourth-order valence-corrected chi connectivity index (χ4v) is 5.57. The number of benzene rings is 1. The lowest BCUT2D eigenvalue weighted by Crippen LogP contribution is -2.42. The molecular formula is C27H33N5OS. The lowest BCUT2D eigenvalue weighted by molar-refractivity contribution is 0.0350. The molecule has 2 atom stereocenters. The zero-order valence-electron chi connectivity index (χ0n) is 20.2. The van der Waals surface area contributed by atoms with Gasteiger partial charge in [-0.05, 0) is 68.9 Å². The van der Waals surface area contributed by atoms with Gasteiger partial charge >= 0.3 is 0 Å². The average Bonchev–Trinajstić information content (AvgIpc) is 3.34. The van der Waals surface area contributed by atoms with E-state index in [1.54, 1.807) is 0 Å². The number of morpholine rings is 1. The lowest BCUT2D eigenvalue weighted by Gasteiger charge is -2.32. The SMILES string of the molecule is Cc1ccc(-n2c(C)cc([C@H]3[C@@H](c4ccccn4)NC(=S)N3CCN3CCOCC3)c2C)cc1. The van der Waals surface area contributed by atoms with Gasteiger partial charge in [-0.1, -0.05) is 23.8 Å². The molecule has 0 unspecified atom stereocenters. The minimum absolute atomic E-state index is 0.00496. The Morgan fingerprint density at radius 1 is 1.03 bits per heavy atom. The molecule has 2 saturated heterocycles. The van der Waals surface area contributed by atoms with Crippen LogP contribution < -0.4 is 5.32 Å². The number of aryl methyl sites for hydroxylation is 2. The van der Waals surface area contributed by atoms with Crippen LogP contribution in [0.25, 0.3) is 5.69 Å². The van der Waals surface area contributed by atoms with Crippen LogP contribution in [0.5, 0.6) is 0 Å². The predicted octanol–water partition coefficient (Wildman–Crippen LogP) is 4.10. The van der Waals surface area contributed by atoms with Crippen molar-refractivity contribution in [2.24, 2.45) is 0 Å². The minimum Gasteiger partial charge on any atom is -0.379 e. The van der Waals surface area contributed by atoms with Crippen LogP contribution in [-0.4, -0.2) is 63.9 Å². The van der Waals surface area contributed by atoms with Crippen LogP contribution in [0.4, 0.5) is 0 Å². The van der Waals surface area contributed by atoms with Crippen LogP contribution in [0.1, 0.15) is 40.3 Å². The number of pyridine rings is 1. The van der Waals surface area contributed by atoms with Crippen molar-refractivity contribution in [3.8, 4) is 5.69 Å². The number of rotatable bonds is 6. The van der Waals surface area contributed by atoms with E-state index in [0.29, 0.717) is 0 Å². The fraction of sp³-hybridized carbons (Fsp3) is 0.407. The van der Waals surface area contributed by atoms with Crippen LogP contribution in [0, 0.1) is 20.8 Å². The summed E-state index contributed by atoms with van der Waals surface area (Å²) in [6.45, 7) is 11.9. The number of hydrogen-bond donors (Lipinski definition) is 1. The van der Waals surface area contributed by atoms with Gasteiger partial charge in [0.1, 0.15) is 0 Å². The summed E-state index contributed by atoms with van der Waals surface area (Å²) >= 11 is 5.89. The van der Waals surface area contributed by atoms with Crippen LogP contribution in [0.15, 0.2) is 54.7 Å². The largest absolute Gasteiger partial charge is 0.379 e. The van der Waals surface area contributed by atoms with E-state index in [2.05, 4.69) is 82.9 Å². The first kappa shape index (κ1) is 23.0. The normalized spacial score (nSPS) is 21.1. The van der Waals surface area contributed by atoms with Crippen LogP contribution in [-0.2, 0) is 4.74 Å². The van der Waals surface area contributed by atoms with Crippen LogP contribution >= 0.6 is 12.2 Å². The first-order valence-electron chi connectivity index (χ1n) is 12.1. The molecule has 2 aliphatic heterocycles. The smallest absolute Gasteiger partial charge is 0.170 e. The molecule has 178 valence electrons. The Hall–Kier alpha value is -2.74. The molecule has 0 bridgehead atoms. The third-order valence-corrected chi connectivity index (χ3v) is 7.39. The number of aromatic nitrogens is 2. The summed E-state index contributed by atoms with van der Waals surface area (Å²) < 4.78 is 7.89. The second-order valence-electron chi connectivity index (χ2n) is 9.27. The van der Waals surface area contributed by atoms with E-state index < -0.39 is 0 Å². The maximum absolute atomic E-state index is 5.89. The molecule has 0 aliphatic carbocycles. The first-order chi connectivity index (χ1) is 16.5. The van der Waals surface area contributed by atoms with E-state index in [4.69, 9.17) is 21.9 Å². The third-order valence-electron chi connectivity index (χ3n) is 7.04. The molecule has 1 aromatic carbocycles. The molecule has 0 amide bonds. The van der Waals surface area contributed by atoms with Crippen molar-refractivity contribution in [3.63, 3.8) is 0 Å². The molecular weight excluding hydrogens is 442 g/mol. The van der Waals surface area contributed by atoms with Crippen molar-refractivity contribution in [3.05, 3.63) is 82.9 Å². The Morgan fingerprint density at radius 3 is 2.50 bits per heavy atom. The van der Waals surface area contributed by atoms with Gasteiger partial charge in [0, 0.05) is 49.5 Å². The molecule has 7 heteroatoms. The van der Waals surface area contributed by atoms with Crippen LogP contribution in [0.3, 0.4) is 0 Å². The van der Waals surface area contributed by atoms with E-state index in [-0.39, 0.29) is 12.1 Å². The Bertz CT molecular complexity index is 1140. The molecule has 0 saturated carbocycles. The highest BCUT2D eigenvalue weighted by Crippen LogP contribution is 2.41. The number of nitrogens with zero attached hydrogens (tertiary/aromatic N) is 4. The van der Waals surface area contributed by atoms with Crippen molar-refractivity contribution < 1.29 is 4.74 Å². The number of hydrogen-bond acceptors (Lipinski definition) is 4. The monoisotopic (exact) mass is 475 g/mol. The van der Waals surface area contributed by atoms with Gasteiger partial charge in [-0.2, -0.15) is 0 Å². The van der Waals surface area contributed by atoms with Gasteiger partial charge in [-0.3, -0.25) is 9.88 Å². The highest BCUT2D eigenvalue weighted by Gasteiger charge is 2.41. The standard InChI is InChI=1S/C27H33N5OS/c1-19-7-9-22(10-8-19)32-20(2)18-23(21(32)3)26-25(24-6-4-5-11-28-24)29-27(34)31(26)13-12-30-14-16-33-17-15-30/h4-11,18,25-26H,12-17H2,1-3H3,(H,29,34)/t25-,26+/m1/s1. The van der Waals surface area contributed by atoms with E-state index in [1.165, 1.54) is 28.2 Å². The quantitative estimate of drug-likeness (QED) is 0.542. The van der Waals surface area contributed by atoms with Crippen molar-refractivity contribution in [1.29, 1.82) is 0 Å².